The highest BCUT2D eigenvalue weighted by atomic mass is 32.1. The first-order valence-corrected chi connectivity index (χ1v) is 7.52. The Kier molecular flexibility index (Phi) is 5.79. The Labute approximate surface area is 140 Å². The molecule has 2 aromatic rings. The van der Waals surface area contributed by atoms with Gasteiger partial charge in [-0.1, -0.05) is 35.5 Å². The molecule has 0 radical (unpaired) electrons. The van der Waals surface area contributed by atoms with Crippen molar-refractivity contribution in [2.75, 3.05) is 5.73 Å². The Balaban J connectivity index is 1.95. The molecule has 1 atom stereocenters. The molecule has 0 spiro atoms. The molecule has 0 aliphatic rings. The number of oxime groups is 1. The Bertz CT molecular complexity index is 747. The largest absolute Gasteiger partial charge is 0.476 e. The zero-order valence-corrected chi connectivity index (χ0v) is 13.4. The number of esters is 1. The molecule has 1 aromatic heterocycles. The van der Waals surface area contributed by atoms with E-state index in [1.165, 1.54) is 6.92 Å². The zero-order valence-electron chi connectivity index (χ0n) is 12.6. The molecule has 0 saturated heterocycles. The minimum absolute atomic E-state index is 0.0764. The van der Waals surface area contributed by atoms with Crippen LogP contribution in [-0.4, -0.2) is 38.2 Å². The summed E-state index contributed by atoms with van der Waals surface area (Å²) in [5.41, 5.74) is 5.66. The summed E-state index contributed by atoms with van der Waals surface area (Å²) >= 11 is 0.822. The Morgan fingerprint density at radius 1 is 1.38 bits per heavy atom. The Hall–Kier alpha value is -3.01. The molecule has 126 valence electrons. The van der Waals surface area contributed by atoms with Gasteiger partial charge in [-0.05, 0) is 12.5 Å². The van der Waals surface area contributed by atoms with E-state index in [1.54, 1.807) is 12.1 Å². The van der Waals surface area contributed by atoms with Gasteiger partial charge in [0.05, 0.1) is 0 Å². The van der Waals surface area contributed by atoms with Crippen molar-refractivity contribution in [3.05, 3.63) is 41.7 Å². The molecule has 1 heterocycles. The number of rotatable bonds is 7. The van der Waals surface area contributed by atoms with Crippen LogP contribution >= 0.6 is 11.5 Å². The molecule has 9 nitrogen and oxygen atoms in total. The molecule has 2 rings (SSSR count). The van der Waals surface area contributed by atoms with Crippen LogP contribution in [0.1, 0.15) is 18.3 Å². The van der Waals surface area contributed by atoms with Crippen molar-refractivity contribution in [3.63, 3.8) is 0 Å². The number of nitrogen functional groups attached to an aromatic ring is 1. The highest BCUT2D eigenvalue weighted by Crippen LogP contribution is 2.08. The van der Waals surface area contributed by atoms with E-state index in [4.69, 9.17) is 20.4 Å². The number of carbonyl (C=O) groups is 2. The number of carboxylic acid groups (broad SMARTS) is 1. The number of ether oxygens (including phenoxy) is 1. The van der Waals surface area contributed by atoms with Gasteiger partial charge in [0.2, 0.25) is 17.6 Å². The van der Waals surface area contributed by atoms with E-state index >= 15 is 0 Å². The fourth-order valence-corrected chi connectivity index (χ4v) is 1.96. The van der Waals surface area contributed by atoms with E-state index in [1.807, 2.05) is 18.2 Å². The fraction of sp³-hybridized carbons (Fsp3) is 0.214. The minimum Gasteiger partial charge on any atom is -0.476 e. The summed E-state index contributed by atoms with van der Waals surface area (Å²) in [7, 11) is 0. The monoisotopic (exact) mass is 350 g/mol. The van der Waals surface area contributed by atoms with Gasteiger partial charge in [-0.15, -0.1) is 0 Å². The van der Waals surface area contributed by atoms with Gasteiger partial charge in [-0.2, -0.15) is 9.36 Å². The fourth-order valence-electron chi connectivity index (χ4n) is 1.53. The summed E-state index contributed by atoms with van der Waals surface area (Å²) < 4.78 is 8.80. The SMILES string of the molecule is CC(ON=C(C(=O)O)c1nsc(N)n1)C(=O)OCc1ccccc1. The lowest BCUT2D eigenvalue weighted by atomic mass is 10.2. The molecule has 10 heteroatoms. The summed E-state index contributed by atoms with van der Waals surface area (Å²) in [5.74, 6) is -2.27. The van der Waals surface area contributed by atoms with Gasteiger partial charge >= 0.3 is 11.9 Å². The maximum absolute atomic E-state index is 11.8. The van der Waals surface area contributed by atoms with Crippen LogP contribution in [0.4, 0.5) is 5.13 Å². The van der Waals surface area contributed by atoms with Gasteiger partial charge in [-0.25, -0.2) is 9.59 Å². The lowest BCUT2D eigenvalue weighted by Crippen LogP contribution is -2.24. The van der Waals surface area contributed by atoms with Crippen molar-refractivity contribution < 1.29 is 24.3 Å². The van der Waals surface area contributed by atoms with E-state index < -0.39 is 23.8 Å². The second kappa shape index (κ2) is 8.02. The number of anilines is 1. The average Bonchev–Trinajstić information content (AvgIpc) is 2.99. The summed E-state index contributed by atoms with van der Waals surface area (Å²) in [6.07, 6.45) is -1.10. The maximum atomic E-state index is 11.8. The molecule has 1 unspecified atom stereocenters. The average molecular weight is 350 g/mol. The highest BCUT2D eigenvalue weighted by Gasteiger charge is 2.22. The lowest BCUT2D eigenvalue weighted by Gasteiger charge is -2.10. The Morgan fingerprint density at radius 3 is 2.67 bits per heavy atom. The Morgan fingerprint density at radius 2 is 2.08 bits per heavy atom. The van der Waals surface area contributed by atoms with E-state index in [-0.39, 0.29) is 17.6 Å². The molecule has 24 heavy (non-hydrogen) atoms. The smallest absolute Gasteiger partial charge is 0.362 e. The second-order valence-corrected chi connectivity index (χ2v) is 5.33. The first kappa shape index (κ1) is 17.3. The van der Waals surface area contributed by atoms with E-state index in [9.17, 15) is 9.59 Å². The molecule has 0 fully saturated rings. The molecule has 0 saturated carbocycles. The van der Waals surface area contributed by atoms with E-state index in [0.29, 0.717) is 0 Å². The first-order chi connectivity index (χ1) is 11.5. The van der Waals surface area contributed by atoms with Crippen molar-refractivity contribution in [1.82, 2.24) is 9.36 Å². The van der Waals surface area contributed by atoms with Crippen molar-refractivity contribution in [2.24, 2.45) is 5.16 Å². The summed E-state index contributed by atoms with van der Waals surface area (Å²) in [6.45, 7) is 1.46. The zero-order chi connectivity index (χ0) is 17.5. The number of aromatic nitrogens is 2. The molecule has 3 N–H and O–H groups in total. The summed E-state index contributed by atoms with van der Waals surface area (Å²) in [5, 5.41) is 12.6. The van der Waals surface area contributed by atoms with Gasteiger partial charge in [0.15, 0.2) is 5.13 Å². The van der Waals surface area contributed by atoms with Gasteiger partial charge in [0.25, 0.3) is 0 Å². The topological polar surface area (TPSA) is 137 Å². The summed E-state index contributed by atoms with van der Waals surface area (Å²) in [4.78, 5) is 31.6. The van der Waals surface area contributed by atoms with Crippen LogP contribution in [0.25, 0.3) is 0 Å². The van der Waals surface area contributed by atoms with Crippen LogP contribution in [0.2, 0.25) is 0 Å². The number of nitrogens with two attached hydrogens (primary N) is 1. The van der Waals surface area contributed by atoms with Crippen molar-refractivity contribution in [2.45, 2.75) is 19.6 Å². The summed E-state index contributed by atoms with van der Waals surface area (Å²) in [6, 6.07) is 9.09. The third kappa shape index (κ3) is 4.74. The second-order valence-electron chi connectivity index (χ2n) is 4.54. The van der Waals surface area contributed by atoms with E-state index in [2.05, 4.69) is 14.5 Å². The number of nitrogens with zero attached hydrogens (tertiary/aromatic N) is 3. The van der Waals surface area contributed by atoms with Crippen molar-refractivity contribution in [1.29, 1.82) is 0 Å². The predicted octanol–water partition coefficient (Wildman–Crippen LogP) is 1.06. The van der Waals surface area contributed by atoms with E-state index in [0.717, 1.165) is 17.1 Å². The van der Waals surface area contributed by atoms with Gasteiger partial charge < -0.3 is 20.4 Å². The van der Waals surface area contributed by atoms with Crippen LogP contribution < -0.4 is 5.73 Å². The minimum atomic E-state index is -1.40. The molecule has 1 aromatic carbocycles. The molecular weight excluding hydrogens is 336 g/mol. The standard InChI is InChI=1S/C14H14N4O5S/c1-8(13(21)22-7-9-5-3-2-4-6-9)23-17-10(12(19)20)11-16-14(15)24-18-11/h2-6,8H,7H2,1H3,(H,19,20)(H2,15,16,18). The number of carbonyl (C=O) groups excluding carboxylic acids is 1. The molecular formula is C14H14N4O5S. The van der Waals surface area contributed by atoms with Crippen LogP contribution in [-0.2, 0) is 25.8 Å². The van der Waals surface area contributed by atoms with Crippen LogP contribution in [0, 0.1) is 0 Å². The van der Waals surface area contributed by atoms with Crippen molar-refractivity contribution >= 4 is 34.3 Å². The first-order valence-electron chi connectivity index (χ1n) is 6.74. The number of carboxylic acids is 1. The molecule has 0 bridgehead atoms. The third-order valence-electron chi connectivity index (χ3n) is 2.71. The number of aliphatic carboxylic acids is 1. The normalized spacial score (nSPS) is 12.5. The van der Waals surface area contributed by atoms with Gasteiger partial charge in [0.1, 0.15) is 6.61 Å². The number of hydrogen-bond acceptors (Lipinski definition) is 9. The molecule has 0 amide bonds. The van der Waals surface area contributed by atoms with Crippen LogP contribution in [0.3, 0.4) is 0 Å². The predicted molar refractivity (Wildman–Crippen MR) is 85.3 cm³/mol. The third-order valence-corrected chi connectivity index (χ3v) is 3.26. The van der Waals surface area contributed by atoms with Gasteiger partial charge in [0, 0.05) is 11.5 Å². The quantitative estimate of drug-likeness (QED) is 0.429. The van der Waals surface area contributed by atoms with Crippen LogP contribution in [0.15, 0.2) is 35.5 Å². The molecule has 0 aliphatic carbocycles. The highest BCUT2D eigenvalue weighted by molar-refractivity contribution is 7.09. The maximum Gasteiger partial charge on any atom is 0.362 e. The van der Waals surface area contributed by atoms with Gasteiger partial charge in [-0.3, -0.25) is 0 Å². The van der Waals surface area contributed by atoms with Crippen molar-refractivity contribution in [3.8, 4) is 0 Å². The number of hydrogen-bond donors (Lipinski definition) is 2. The van der Waals surface area contributed by atoms with Crippen LogP contribution in [0.5, 0.6) is 0 Å². The number of benzene rings is 1. The molecule has 0 aliphatic heterocycles. The lowest BCUT2D eigenvalue weighted by molar-refractivity contribution is -0.157.